The molecular formula is C25H31N3O3. The van der Waals surface area contributed by atoms with E-state index in [0.717, 1.165) is 37.3 Å². The van der Waals surface area contributed by atoms with Crippen molar-refractivity contribution in [1.82, 2.24) is 4.90 Å². The zero-order valence-corrected chi connectivity index (χ0v) is 18.1. The van der Waals surface area contributed by atoms with Crippen molar-refractivity contribution < 1.29 is 14.7 Å². The van der Waals surface area contributed by atoms with Gasteiger partial charge in [0.2, 0.25) is 0 Å². The van der Waals surface area contributed by atoms with Crippen LogP contribution in [0.2, 0.25) is 0 Å². The van der Waals surface area contributed by atoms with Gasteiger partial charge < -0.3 is 20.2 Å². The van der Waals surface area contributed by atoms with Gasteiger partial charge in [-0.1, -0.05) is 17.7 Å². The van der Waals surface area contributed by atoms with Gasteiger partial charge in [0.1, 0.15) is 0 Å². The Balaban J connectivity index is 1.55. The average Bonchev–Trinajstić information content (AvgIpc) is 3.27. The molecule has 164 valence electrons. The van der Waals surface area contributed by atoms with Gasteiger partial charge in [-0.3, -0.25) is 4.79 Å². The van der Waals surface area contributed by atoms with Crippen molar-refractivity contribution in [2.75, 3.05) is 42.9 Å². The minimum absolute atomic E-state index is 0.175. The van der Waals surface area contributed by atoms with E-state index in [-0.39, 0.29) is 11.5 Å². The molecule has 0 bridgehead atoms. The highest BCUT2D eigenvalue weighted by Crippen LogP contribution is 2.32. The third-order valence-electron chi connectivity index (χ3n) is 6.38. The minimum Gasteiger partial charge on any atom is -0.478 e. The topological polar surface area (TPSA) is 72.9 Å². The van der Waals surface area contributed by atoms with Crippen LogP contribution in [0.15, 0.2) is 42.5 Å². The van der Waals surface area contributed by atoms with Crippen LogP contribution in [0.1, 0.15) is 52.0 Å². The molecule has 0 spiro atoms. The maximum atomic E-state index is 12.9. The van der Waals surface area contributed by atoms with Gasteiger partial charge >= 0.3 is 5.97 Å². The summed E-state index contributed by atoms with van der Waals surface area (Å²) in [4.78, 5) is 29.3. The second-order valence-corrected chi connectivity index (χ2v) is 8.82. The zero-order valence-electron chi connectivity index (χ0n) is 18.1. The first-order valence-corrected chi connectivity index (χ1v) is 11.2. The number of amides is 1. The van der Waals surface area contributed by atoms with Crippen molar-refractivity contribution >= 4 is 23.3 Å². The SMILES string of the molecule is Cc1ccc(C(=O)Nc2cc(C(=O)O)ccc2N2CCCC(CN3CCCC3)C2)cc1. The molecule has 2 heterocycles. The molecule has 1 unspecified atom stereocenters. The number of carbonyl (C=O) groups is 2. The van der Waals surface area contributed by atoms with E-state index in [0.29, 0.717) is 17.2 Å². The van der Waals surface area contributed by atoms with E-state index in [2.05, 4.69) is 15.1 Å². The monoisotopic (exact) mass is 421 g/mol. The Bertz CT molecular complexity index is 936. The number of hydrogen-bond donors (Lipinski definition) is 2. The van der Waals surface area contributed by atoms with Crippen molar-refractivity contribution in [3.05, 3.63) is 59.2 Å². The number of likely N-dealkylation sites (tertiary alicyclic amines) is 1. The molecule has 2 aliphatic rings. The van der Waals surface area contributed by atoms with Gasteiger partial charge in [0.05, 0.1) is 16.9 Å². The Morgan fingerprint density at radius 3 is 2.42 bits per heavy atom. The van der Waals surface area contributed by atoms with Gasteiger partial charge in [0.15, 0.2) is 0 Å². The fraction of sp³-hybridized carbons (Fsp3) is 0.440. The van der Waals surface area contributed by atoms with E-state index in [1.807, 2.05) is 25.1 Å². The highest BCUT2D eigenvalue weighted by molar-refractivity contribution is 6.06. The van der Waals surface area contributed by atoms with Crippen LogP contribution in [0.3, 0.4) is 0 Å². The van der Waals surface area contributed by atoms with Gasteiger partial charge in [-0.05, 0) is 81.9 Å². The Hall–Kier alpha value is -2.86. The lowest BCUT2D eigenvalue weighted by Crippen LogP contribution is -2.40. The standard InChI is InChI=1S/C25H31N3O3/c1-18-6-8-20(9-7-18)24(29)26-22-15-21(25(30)31)10-11-23(22)28-14-4-5-19(17-28)16-27-12-2-3-13-27/h6-11,15,19H,2-5,12-14,16-17H2,1H3,(H,26,29)(H,30,31). The number of aryl methyl sites for hydroxylation is 1. The molecule has 1 amide bonds. The van der Waals surface area contributed by atoms with Crippen molar-refractivity contribution in [1.29, 1.82) is 0 Å². The average molecular weight is 422 g/mol. The minimum atomic E-state index is -0.997. The lowest BCUT2D eigenvalue weighted by atomic mass is 9.96. The number of carbonyl (C=O) groups excluding carboxylic acids is 1. The Labute approximate surface area is 183 Å². The molecule has 2 fully saturated rings. The van der Waals surface area contributed by atoms with Crippen LogP contribution in [0.5, 0.6) is 0 Å². The van der Waals surface area contributed by atoms with E-state index >= 15 is 0 Å². The molecule has 2 saturated heterocycles. The molecule has 0 saturated carbocycles. The quantitative estimate of drug-likeness (QED) is 0.729. The van der Waals surface area contributed by atoms with Crippen LogP contribution < -0.4 is 10.2 Å². The smallest absolute Gasteiger partial charge is 0.335 e. The van der Waals surface area contributed by atoms with Crippen LogP contribution >= 0.6 is 0 Å². The van der Waals surface area contributed by atoms with Crippen molar-refractivity contribution in [2.24, 2.45) is 5.92 Å². The van der Waals surface area contributed by atoms with Gasteiger partial charge in [-0.2, -0.15) is 0 Å². The Morgan fingerprint density at radius 2 is 1.71 bits per heavy atom. The summed E-state index contributed by atoms with van der Waals surface area (Å²) in [5, 5.41) is 12.4. The maximum absolute atomic E-state index is 12.9. The number of carboxylic acid groups (broad SMARTS) is 1. The highest BCUT2D eigenvalue weighted by Gasteiger charge is 2.25. The number of nitrogens with one attached hydrogen (secondary N) is 1. The largest absolute Gasteiger partial charge is 0.478 e. The number of carboxylic acids is 1. The van der Waals surface area contributed by atoms with E-state index < -0.39 is 5.97 Å². The Kier molecular flexibility index (Phi) is 6.56. The molecular weight excluding hydrogens is 390 g/mol. The lowest BCUT2D eigenvalue weighted by Gasteiger charge is -2.37. The first-order valence-electron chi connectivity index (χ1n) is 11.2. The molecule has 0 aromatic heterocycles. The van der Waals surface area contributed by atoms with Gasteiger partial charge in [-0.25, -0.2) is 4.79 Å². The number of anilines is 2. The molecule has 1 atom stereocenters. The number of aromatic carboxylic acids is 1. The van der Waals surface area contributed by atoms with E-state index in [4.69, 9.17) is 0 Å². The van der Waals surface area contributed by atoms with E-state index in [1.54, 1.807) is 24.3 Å². The fourth-order valence-electron chi connectivity index (χ4n) is 4.71. The first-order chi connectivity index (χ1) is 15.0. The predicted molar refractivity (Wildman–Crippen MR) is 123 cm³/mol. The molecule has 2 aromatic rings. The normalized spacial score (nSPS) is 19.4. The number of piperidine rings is 1. The summed E-state index contributed by atoms with van der Waals surface area (Å²) in [6, 6.07) is 12.4. The fourth-order valence-corrected chi connectivity index (χ4v) is 4.71. The molecule has 31 heavy (non-hydrogen) atoms. The molecule has 0 aliphatic carbocycles. The van der Waals surface area contributed by atoms with Crippen LogP contribution in [0, 0.1) is 12.8 Å². The zero-order chi connectivity index (χ0) is 21.8. The van der Waals surface area contributed by atoms with Crippen molar-refractivity contribution in [3.63, 3.8) is 0 Å². The predicted octanol–water partition coefficient (Wildman–Crippen LogP) is 4.26. The molecule has 6 nitrogen and oxygen atoms in total. The molecule has 2 aliphatic heterocycles. The number of nitrogens with zero attached hydrogens (tertiary/aromatic N) is 2. The van der Waals surface area contributed by atoms with E-state index in [1.165, 1.54) is 32.4 Å². The van der Waals surface area contributed by atoms with Crippen LogP contribution in [-0.2, 0) is 0 Å². The summed E-state index contributed by atoms with van der Waals surface area (Å²) in [6.45, 7) is 7.33. The van der Waals surface area contributed by atoms with Crippen LogP contribution in [0.25, 0.3) is 0 Å². The molecule has 2 aromatic carbocycles. The summed E-state index contributed by atoms with van der Waals surface area (Å²) in [7, 11) is 0. The van der Waals surface area contributed by atoms with Gasteiger partial charge in [-0.15, -0.1) is 0 Å². The third kappa shape index (κ3) is 5.25. The molecule has 2 N–H and O–H groups in total. The second-order valence-electron chi connectivity index (χ2n) is 8.82. The lowest BCUT2D eigenvalue weighted by molar-refractivity contribution is 0.0696. The third-order valence-corrected chi connectivity index (χ3v) is 6.38. The molecule has 0 radical (unpaired) electrons. The number of hydrogen-bond acceptors (Lipinski definition) is 4. The summed E-state index contributed by atoms with van der Waals surface area (Å²) >= 11 is 0. The van der Waals surface area contributed by atoms with Crippen molar-refractivity contribution in [2.45, 2.75) is 32.6 Å². The Morgan fingerprint density at radius 1 is 1.00 bits per heavy atom. The van der Waals surface area contributed by atoms with Crippen LogP contribution in [-0.4, -0.2) is 54.6 Å². The van der Waals surface area contributed by atoms with Gasteiger partial charge in [0, 0.05) is 25.2 Å². The summed E-state index contributed by atoms with van der Waals surface area (Å²) < 4.78 is 0. The molecule has 6 heteroatoms. The van der Waals surface area contributed by atoms with Crippen LogP contribution in [0.4, 0.5) is 11.4 Å². The number of benzene rings is 2. The van der Waals surface area contributed by atoms with E-state index in [9.17, 15) is 14.7 Å². The summed E-state index contributed by atoms with van der Waals surface area (Å²) in [6.07, 6.45) is 4.90. The van der Waals surface area contributed by atoms with Gasteiger partial charge in [0.25, 0.3) is 5.91 Å². The summed E-state index contributed by atoms with van der Waals surface area (Å²) in [5.74, 6) is -0.635. The maximum Gasteiger partial charge on any atom is 0.335 e. The second kappa shape index (κ2) is 9.52. The highest BCUT2D eigenvalue weighted by atomic mass is 16.4. The molecule has 4 rings (SSSR count). The van der Waals surface area contributed by atoms with Crippen molar-refractivity contribution in [3.8, 4) is 0 Å². The number of rotatable bonds is 6. The summed E-state index contributed by atoms with van der Waals surface area (Å²) in [5.41, 5.74) is 3.28. The first kappa shape index (κ1) is 21.4.